The minimum Gasteiger partial charge on any atom is -0.360 e. The highest BCUT2D eigenvalue weighted by Gasteiger charge is 2.12. The molecule has 0 radical (unpaired) electrons. The van der Waals surface area contributed by atoms with Gasteiger partial charge in [0.1, 0.15) is 5.69 Å². The lowest BCUT2D eigenvalue weighted by Crippen LogP contribution is -2.10. The zero-order valence-corrected chi connectivity index (χ0v) is 11.8. The fourth-order valence-corrected chi connectivity index (χ4v) is 3.09. The minimum absolute atomic E-state index is 0.181. The highest BCUT2D eigenvalue weighted by molar-refractivity contribution is 7.13. The second-order valence-electron chi connectivity index (χ2n) is 4.69. The van der Waals surface area contributed by atoms with Crippen LogP contribution in [0.4, 0.5) is 0 Å². The molecule has 0 bridgehead atoms. The zero-order chi connectivity index (χ0) is 14.2. The Balaban J connectivity index is 1.96. The summed E-state index contributed by atoms with van der Waals surface area (Å²) in [4.78, 5) is 23.7. The van der Waals surface area contributed by atoms with E-state index in [2.05, 4.69) is 15.0 Å². The van der Waals surface area contributed by atoms with E-state index >= 15 is 0 Å². The monoisotopic (exact) mass is 293 g/mol. The van der Waals surface area contributed by atoms with Crippen LogP contribution in [0, 0.1) is 0 Å². The number of benzene rings is 1. The Kier molecular flexibility index (Phi) is 2.72. The molecule has 0 atom stereocenters. The van der Waals surface area contributed by atoms with Gasteiger partial charge in [0.05, 0.1) is 10.6 Å². The largest absolute Gasteiger partial charge is 0.360 e. The third kappa shape index (κ3) is 1.98. The fourth-order valence-electron chi connectivity index (χ4n) is 2.41. The number of fused-ring (bicyclic) bond motifs is 1. The van der Waals surface area contributed by atoms with Crippen LogP contribution in [-0.2, 0) is 0 Å². The quantitative estimate of drug-likeness (QED) is 0.592. The molecule has 0 fully saturated rings. The number of rotatable bonds is 2. The number of hydrogen-bond donors (Lipinski definition) is 2. The van der Waals surface area contributed by atoms with E-state index in [0.717, 1.165) is 27.0 Å². The number of aromatic amines is 2. The fraction of sp³-hybridized carbons (Fsp3) is 0. The third-order valence-electron chi connectivity index (χ3n) is 3.41. The molecule has 4 nitrogen and oxygen atoms in total. The van der Waals surface area contributed by atoms with Crippen molar-refractivity contribution in [1.29, 1.82) is 0 Å². The van der Waals surface area contributed by atoms with Gasteiger partial charge < -0.3 is 9.97 Å². The summed E-state index contributed by atoms with van der Waals surface area (Å²) in [5, 5.41) is 2.99. The van der Waals surface area contributed by atoms with Crippen molar-refractivity contribution < 1.29 is 0 Å². The summed E-state index contributed by atoms with van der Waals surface area (Å²) in [6.45, 7) is 0. The molecular weight excluding hydrogens is 282 g/mol. The normalized spacial score (nSPS) is 11.0. The molecule has 0 amide bonds. The number of H-pyrrole nitrogens is 2. The zero-order valence-electron chi connectivity index (χ0n) is 11.0. The van der Waals surface area contributed by atoms with Gasteiger partial charge in [-0.2, -0.15) is 0 Å². The number of hydrogen-bond acceptors (Lipinski definition) is 3. The highest BCUT2D eigenvalue weighted by Crippen LogP contribution is 2.27. The van der Waals surface area contributed by atoms with Crippen molar-refractivity contribution in [2.45, 2.75) is 0 Å². The number of aromatic nitrogens is 3. The minimum atomic E-state index is -0.181. The molecule has 0 aliphatic heterocycles. The smallest absolute Gasteiger partial charge is 0.274 e. The van der Waals surface area contributed by atoms with Crippen LogP contribution in [0.25, 0.3) is 32.7 Å². The van der Waals surface area contributed by atoms with Crippen molar-refractivity contribution >= 4 is 22.2 Å². The van der Waals surface area contributed by atoms with Gasteiger partial charge >= 0.3 is 0 Å². The predicted molar refractivity (Wildman–Crippen MR) is 85.5 cm³/mol. The van der Waals surface area contributed by atoms with Crippen molar-refractivity contribution in [2.24, 2.45) is 0 Å². The van der Waals surface area contributed by atoms with E-state index in [4.69, 9.17) is 0 Å². The maximum atomic E-state index is 12.2. The van der Waals surface area contributed by atoms with Crippen LogP contribution in [-0.4, -0.2) is 15.0 Å². The lowest BCUT2D eigenvalue weighted by Gasteiger charge is -2.01. The Labute approximate surface area is 124 Å². The molecule has 0 spiro atoms. The van der Waals surface area contributed by atoms with Gasteiger partial charge in [0.2, 0.25) is 0 Å². The van der Waals surface area contributed by atoms with Crippen LogP contribution in [0.3, 0.4) is 0 Å². The molecule has 102 valence electrons. The van der Waals surface area contributed by atoms with Crippen LogP contribution in [0.1, 0.15) is 0 Å². The van der Waals surface area contributed by atoms with Crippen molar-refractivity contribution in [1.82, 2.24) is 15.0 Å². The molecule has 2 N–H and O–H groups in total. The summed E-state index contributed by atoms with van der Waals surface area (Å²) >= 11 is 1.60. The molecule has 5 heteroatoms. The highest BCUT2D eigenvalue weighted by atomic mass is 32.1. The van der Waals surface area contributed by atoms with E-state index in [9.17, 15) is 4.79 Å². The number of nitrogens with one attached hydrogen (secondary N) is 2. The summed E-state index contributed by atoms with van der Waals surface area (Å²) in [6.07, 6.45) is 3.49. The van der Waals surface area contributed by atoms with Gasteiger partial charge in [-0.3, -0.25) is 4.79 Å². The predicted octanol–water partition coefficient (Wildman–Crippen LogP) is 3.65. The lowest BCUT2D eigenvalue weighted by molar-refractivity contribution is 1.16. The first-order valence-electron chi connectivity index (χ1n) is 6.53. The summed E-state index contributed by atoms with van der Waals surface area (Å²) in [7, 11) is 0. The van der Waals surface area contributed by atoms with Gasteiger partial charge in [-0.1, -0.05) is 24.3 Å². The molecule has 1 aromatic carbocycles. The van der Waals surface area contributed by atoms with Gasteiger partial charge in [-0.05, 0) is 17.5 Å². The summed E-state index contributed by atoms with van der Waals surface area (Å²) < 4.78 is 0. The Morgan fingerprint density at radius 2 is 1.90 bits per heavy atom. The van der Waals surface area contributed by atoms with E-state index in [1.807, 2.05) is 48.0 Å². The molecule has 21 heavy (non-hydrogen) atoms. The van der Waals surface area contributed by atoms with Crippen LogP contribution < -0.4 is 5.56 Å². The molecule has 4 aromatic rings. The summed E-state index contributed by atoms with van der Waals surface area (Å²) in [5.41, 5.74) is 2.86. The average molecular weight is 293 g/mol. The standard InChI is InChI=1S/C16H11N3OS/c20-16-15(11-8-17-12-5-2-1-4-10(11)12)19-13(9-18-16)14-6-3-7-21-14/h1-9,17H,(H,18,20). The SMILES string of the molecule is O=c1[nH]cc(-c2cccs2)nc1-c1c[nH]c2ccccc12. The molecule has 0 aliphatic carbocycles. The van der Waals surface area contributed by atoms with Crippen LogP contribution in [0.15, 0.2) is 59.0 Å². The maximum Gasteiger partial charge on any atom is 0.274 e. The lowest BCUT2D eigenvalue weighted by atomic mass is 10.1. The average Bonchev–Trinajstić information content (AvgIpc) is 3.17. The first-order valence-corrected chi connectivity index (χ1v) is 7.41. The third-order valence-corrected chi connectivity index (χ3v) is 4.30. The number of para-hydroxylation sites is 1. The Morgan fingerprint density at radius 1 is 1.00 bits per heavy atom. The van der Waals surface area contributed by atoms with Crippen molar-refractivity contribution in [3.63, 3.8) is 0 Å². The van der Waals surface area contributed by atoms with Crippen LogP contribution in [0.2, 0.25) is 0 Å². The van der Waals surface area contributed by atoms with Gasteiger partial charge in [0.25, 0.3) is 5.56 Å². The molecule has 3 aromatic heterocycles. The molecular formula is C16H11N3OS. The van der Waals surface area contributed by atoms with Crippen molar-refractivity contribution in [2.75, 3.05) is 0 Å². The first kappa shape index (κ1) is 12.1. The van der Waals surface area contributed by atoms with Gasteiger partial charge in [0.15, 0.2) is 0 Å². The van der Waals surface area contributed by atoms with Crippen molar-refractivity contribution in [3.8, 4) is 21.8 Å². The van der Waals surface area contributed by atoms with Gasteiger partial charge in [-0.15, -0.1) is 11.3 Å². The molecule has 0 aliphatic rings. The summed E-state index contributed by atoms with van der Waals surface area (Å²) in [5.74, 6) is 0. The van der Waals surface area contributed by atoms with Crippen LogP contribution in [0.5, 0.6) is 0 Å². The Morgan fingerprint density at radius 3 is 2.76 bits per heavy atom. The Bertz CT molecular complexity index is 967. The van der Waals surface area contributed by atoms with E-state index in [1.54, 1.807) is 17.5 Å². The second-order valence-corrected chi connectivity index (χ2v) is 5.64. The molecule has 4 rings (SSSR count). The summed E-state index contributed by atoms with van der Waals surface area (Å²) in [6, 6.07) is 11.8. The van der Waals surface area contributed by atoms with Gasteiger partial charge in [-0.25, -0.2) is 4.98 Å². The second kappa shape index (κ2) is 4.71. The van der Waals surface area contributed by atoms with E-state index in [1.165, 1.54) is 0 Å². The number of nitrogens with zero attached hydrogens (tertiary/aromatic N) is 1. The van der Waals surface area contributed by atoms with E-state index in [-0.39, 0.29) is 5.56 Å². The molecule has 3 heterocycles. The Hall–Kier alpha value is -2.66. The molecule has 0 saturated heterocycles. The van der Waals surface area contributed by atoms with Crippen molar-refractivity contribution in [3.05, 3.63) is 64.5 Å². The molecule has 0 saturated carbocycles. The van der Waals surface area contributed by atoms with E-state index in [0.29, 0.717) is 5.69 Å². The number of thiophene rings is 1. The van der Waals surface area contributed by atoms with Gasteiger partial charge in [0, 0.05) is 28.9 Å². The maximum absolute atomic E-state index is 12.2. The van der Waals surface area contributed by atoms with Crippen LogP contribution >= 0.6 is 11.3 Å². The first-order chi connectivity index (χ1) is 10.3. The molecule has 0 unspecified atom stereocenters. The van der Waals surface area contributed by atoms with E-state index < -0.39 is 0 Å². The topological polar surface area (TPSA) is 61.5 Å².